The van der Waals surface area contributed by atoms with Crippen molar-refractivity contribution in [1.82, 2.24) is 15.3 Å². The summed E-state index contributed by atoms with van der Waals surface area (Å²) in [6.45, 7) is 0.558. The van der Waals surface area contributed by atoms with Crippen LogP contribution in [0.4, 0.5) is 0 Å². The first kappa shape index (κ1) is 11.4. The Kier molecular flexibility index (Phi) is 3.91. The average molecular weight is 229 g/mol. The van der Waals surface area contributed by atoms with E-state index in [0.717, 1.165) is 17.7 Å². The number of hydrogen-bond donors (Lipinski definition) is 2. The Hall–Kier alpha value is -2.10. The Bertz CT molecular complexity index is 451. The molecule has 17 heavy (non-hydrogen) atoms. The number of aromatic amines is 1. The van der Waals surface area contributed by atoms with Gasteiger partial charge in [-0.15, -0.1) is 0 Å². The first-order valence-corrected chi connectivity index (χ1v) is 5.62. The van der Waals surface area contributed by atoms with Crippen LogP contribution in [0.2, 0.25) is 0 Å². The third-order valence-corrected chi connectivity index (χ3v) is 2.53. The molecule has 0 saturated heterocycles. The normalized spacial score (nSPS) is 10.1. The van der Waals surface area contributed by atoms with Crippen LogP contribution in [0.25, 0.3) is 0 Å². The van der Waals surface area contributed by atoms with E-state index in [1.165, 1.54) is 0 Å². The summed E-state index contributed by atoms with van der Waals surface area (Å²) in [5.41, 5.74) is 2.15. The second kappa shape index (κ2) is 5.84. The second-order valence-electron chi connectivity index (χ2n) is 3.83. The molecule has 4 nitrogen and oxygen atoms in total. The molecule has 1 amide bonds. The van der Waals surface area contributed by atoms with Crippen molar-refractivity contribution >= 4 is 5.91 Å². The maximum absolute atomic E-state index is 11.6. The van der Waals surface area contributed by atoms with E-state index in [0.29, 0.717) is 13.0 Å². The van der Waals surface area contributed by atoms with Crippen LogP contribution in [0.1, 0.15) is 17.7 Å². The molecule has 0 aliphatic carbocycles. The molecule has 4 heteroatoms. The molecule has 0 atom stereocenters. The van der Waals surface area contributed by atoms with Gasteiger partial charge in [0.1, 0.15) is 0 Å². The molecule has 0 unspecified atom stereocenters. The first-order valence-electron chi connectivity index (χ1n) is 5.62. The predicted octanol–water partition coefficient (Wildman–Crippen LogP) is 1.66. The van der Waals surface area contributed by atoms with Gasteiger partial charge in [-0.3, -0.25) is 9.78 Å². The molecule has 0 fully saturated rings. The van der Waals surface area contributed by atoms with Crippen LogP contribution >= 0.6 is 0 Å². The summed E-state index contributed by atoms with van der Waals surface area (Å²) in [5, 5.41) is 2.87. The largest absolute Gasteiger partial charge is 0.364 e. The summed E-state index contributed by atoms with van der Waals surface area (Å²) in [6.07, 6.45) is 6.58. The standard InChI is InChI=1S/C13H15N3O/c17-13(16-10-12-2-1-7-15-12)4-3-11-5-8-14-9-6-11/h1-2,5-9,15H,3-4,10H2,(H,16,17). The first-order chi connectivity index (χ1) is 8.34. The number of nitrogens with one attached hydrogen (secondary N) is 2. The Morgan fingerprint density at radius 1 is 1.29 bits per heavy atom. The highest BCUT2D eigenvalue weighted by atomic mass is 16.1. The molecule has 88 valence electrons. The van der Waals surface area contributed by atoms with Crippen molar-refractivity contribution in [2.45, 2.75) is 19.4 Å². The fraction of sp³-hybridized carbons (Fsp3) is 0.231. The van der Waals surface area contributed by atoms with Crippen LogP contribution in [-0.4, -0.2) is 15.9 Å². The molecule has 0 radical (unpaired) electrons. The van der Waals surface area contributed by atoms with Crippen LogP contribution in [-0.2, 0) is 17.8 Å². The highest BCUT2D eigenvalue weighted by Gasteiger charge is 2.02. The Morgan fingerprint density at radius 3 is 2.82 bits per heavy atom. The molecule has 0 aromatic carbocycles. The number of H-pyrrole nitrogens is 1. The maximum Gasteiger partial charge on any atom is 0.220 e. The van der Waals surface area contributed by atoms with Gasteiger partial charge in [0.05, 0.1) is 6.54 Å². The molecule has 2 rings (SSSR count). The van der Waals surface area contributed by atoms with Gasteiger partial charge in [0.2, 0.25) is 5.91 Å². The number of hydrogen-bond acceptors (Lipinski definition) is 2. The van der Waals surface area contributed by atoms with Crippen molar-refractivity contribution in [1.29, 1.82) is 0 Å². The van der Waals surface area contributed by atoms with Crippen molar-refractivity contribution in [3.8, 4) is 0 Å². The van der Waals surface area contributed by atoms with Gasteiger partial charge in [0, 0.05) is 30.7 Å². The highest BCUT2D eigenvalue weighted by Crippen LogP contribution is 2.01. The monoisotopic (exact) mass is 229 g/mol. The molecule has 2 aromatic heterocycles. The van der Waals surface area contributed by atoms with E-state index in [-0.39, 0.29) is 5.91 Å². The van der Waals surface area contributed by atoms with Crippen LogP contribution in [0.15, 0.2) is 42.9 Å². The molecule has 0 aliphatic rings. The number of amides is 1. The third kappa shape index (κ3) is 3.75. The van der Waals surface area contributed by atoms with E-state index >= 15 is 0 Å². The Labute approximate surface area is 100 Å². The van der Waals surface area contributed by atoms with Crippen molar-refractivity contribution < 1.29 is 4.79 Å². The number of carbonyl (C=O) groups excluding carboxylic acids is 1. The van der Waals surface area contributed by atoms with Crippen LogP contribution in [0.5, 0.6) is 0 Å². The second-order valence-corrected chi connectivity index (χ2v) is 3.83. The molecule has 0 saturated carbocycles. The van der Waals surface area contributed by atoms with Gasteiger partial charge in [-0.05, 0) is 36.2 Å². The molecule has 0 spiro atoms. The van der Waals surface area contributed by atoms with E-state index in [2.05, 4.69) is 15.3 Å². The van der Waals surface area contributed by atoms with Crippen molar-refractivity contribution in [3.05, 3.63) is 54.1 Å². The van der Waals surface area contributed by atoms with E-state index < -0.39 is 0 Å². The molecule has 2 aromatic rings. The number of aromatic nitrogens is 2. The van der Waals surface area contributed by atoms with Crippen LogP contribution in [0.3, 0.4) is 0 Å². The van der Waals surface area contributed by atoms with Crippen molar-refractivity contribution in [2.24, 2.45) is 0 Å². The van der Waals surface area contributed by atoms with Gasteiger partial charge in [-0.25, -0.2) is 0 Å². The summed E-state index contributed by atoms with van der Waals surface area (Å²) in [7, 11) is 0. The lowest BCUT2D eigenvalue weighted by Crippen LogP contribution is -2.23. The zero-order valence-corrected chi connectivity index (χ0v) is 9.52. The lowest BCUT2D eigenvalue weighted by atomic mass is 10.1. The quantitative estimate of drug-likeness (QED) is 0.819. The molecule has 0 aliphatic heterocycles. The average Bonchev–Trinajstić information content (AvgIpc) is 2.88. The number of carbonyl (C=O) groups is 1. The zero-order chi connectivity index (χ0) is 11.9. The number of nitrogens with zero attached hydrogens (tertiary/aromatic N) is 1. The SMILES string of the molecule is O=C(CCc1ccncc1)NCc1ccc[nH]1. The van der Waals surface area contributed by atoms with E-state index in [1.54, 1.807) is 12.4 Å². The van der Waals surface area contributed by atoms with E-state index in [9.17, 15) is 4.79 Å². The topological polar surface area (TPSA) is 57.8 Å². The van der Waals surface area contributed by atoms with Gasteiger partial charge in [0.25, 0.3) is 0 Å². The Balaban J connectivity index is 1.71. The van der Waals surface area contributed by atoms with Crippen molar-refractivity contribution in [2.75, 3.05) is 0 Å². The molecule has 2 heterocycles. The van der Waals surface area contributed by atoms with E-state index in [4.69, 9.17) is 0 Å². The zero-order valence-electron chi connectivity index (χ0n) is 9.52. The minimum atomic E-state index is 0.0661. The molecular weight excluding hydrogens is 214 g/mol. The van der Waals surface area contributed by atoms with Gasteiger partial charge in [-0.2, -0.15) is 0 Å². The number of pyridine rings is 1. The smallest absolute Gasteiger partial charge is 0.220 e. The molecule has 2 N–H and O–H groups in total. The summed E-state index contributed by atoms with van der Waals surface area (Å²) >= 11 is 0. The third-order valence-electron chi connectivity index (χ3n) is 2.53. The summed E-state index contributed by atoms with van der Waals surface area (Å²) in [4.78, 5) is 18.6. The molecular formula is C13H15N3O. The van der Waals surface area contributed by atoms with Crippen LogP contribution < -0.4 is 5.32 Å². The highest BCUT2D eigenvalue weighted by molar-refractivity contribution is 5.76. The van der Waals surface area contributed by atoms with Gasteiger partial charge in [-0.1, -0.05) is 0 Å². The maximum atomic E-state index is 11.6. The Morgan fingerprint density at radius 2 is 2.12 bits per heavy atom. The van der Waals surface area contributed by atoms with Gasteiger partial charge in [0.15, 0.2) is 0 Å². The number of aryl methyl sites for hydroxylation is 1. The van der Waals surface area contributed by atoms with Gasteiger partial charge >= 0.3 is 0 Å². The minimum absolute atomic E-state index is 0.0661. The lowest BCUT2D eigenvalue weighted by Gasteiger charge is -2.03. The summed E-state index contributed by atoms with van der Waals surface area (Å²) in [5.74, 6) is 0.0661. The van der Waals surface area contributed by atoms with Crippen molar-refractivity contribution in [3.63, 3.8) is 0 Å². The minimum Gasteiger partial charge on any atom is -0.364 e. The predicted molar refractivity (Wildman–Crippen MR) is 65.2 cm³/mol. The van der Waals surface area contributed by atoms with Gasteiger partial charge < -0.3 is 10.3 Å². The lowest BCUT2D eigenvalue weighted by molar-refractivity contribution is -0.121. The summed E-state index contributed by atoms with van der Waals surface area (Å²) in [6, 6.07) is 7.72. The fourth-order valence-electron chi connectivity index (χ4n) is 1.57. The number of rotatable bonds is 5. The molecule has 0 bridgehead atoms. The van der Waals surface area contributed by atoms with Crippen LogP contribution in [0, 0.1) is 0 Å². The fourth-order valence-corrected chi connectivity index (χ4v) is 1.57. The van der Waals surface area contributed by atoms with E-state index in [1.807, 2.05) is 30.5 Å². The summed E-state index contributed by atoms with van der Waals surface area (Å²) < 4.78 is 0.